The molecule has 1 saturated heterocycles. The second-order valence-electron chi connectivity index (χ2n) is 8.01. The highest BCUT2D eigenvalue weighted by Gasteiger charge is 2.35. The number of amides is 1. The zero-order chi connectivity index (χ0) is 20.0. The number of carbonyl (C=O) groups excluding carboxylic acids is 1. The predicted octanol–water partition coefficient (Wildman–Crippen LogP) is 3.82. The molecule has 0 bridgehead atoms. The van der Waals surface area contributed by atoms with Crippen molar-refractivity contribution < 1.29 is 9.18 Å². The zero-order valence-electron chi connectivity index (χ0n) is 17.5. The quantitative estimate of drug-likeness (QED) is 0.344. The van der Waals surface area contributed by atoms with Crippen LogP contribution in [0.5, 0.6) is 0 Å². The van der Waals surface area contributed by atoms with Crippen molar-refractivity contribution in [3.63, 3.8) is 0 Å². The molecule has 2 aliphatic rings. The molecule has 2 N–H and O–H groups in total. The molecule has 7 heteroatoms. The van der Waals surface area contributed by atoms with Gasteiger partial charge < -0.3 is 15.5 Å². The van der Waals surface area contributed by atoms with Crippen LogP contribution in [-0.2, 0) is 10.2 Å². The molecule has 3 rings (SSSR count). The van der Waals surface area contributed by atoms with Crippen LogP contribution in [0.15, 0.2) is 29.3 Å². The van der Waals surface area contributed by atoms with Crippen LogP contribution in [0.3, 0.4) is 0 Å². The van der Waals surface area contributed by atoms with E-state index in [0.717, 1.165) is 44.9 Å². The second kappa shape index (κ2) is 11.1. The lowest BCUT2D eigenvalue weighted by Crippen LogP contribution is -2.45. The monoisotopic (exact) mass is 516 g/mol. The van der Waals surface area contributed by atoms with E-state index in [-0.39, 0.29) is 47.2 Å². The molecule has 162 valence electrons. The minimum absolute atomic E-state index is 0. The third kappa shape index (κ3) is 6.06. The number of nitrogens with one attached hydrogen (secondary N) is 2. The van der Waals surface area contributed by atoms with Crippen LogP contribution in [-0.4, -0.2) is 49.0 Å². The number of aliphatic imine (C=N–C) groups is 1. The van der Waals surface area contributed by atoms with Gasteiger partial charge in [0.2, 0.25) is 5.91 Å². The van der Waals surface area contributed by atoms with E-state index in [2.05, 4.69) is 17.6 Å². The first-order valence-corrected chi connectivity index (χ1v) is 10.6. The van der Waals surface area contributed by atoms with Crippen LogP contribution in [0.2, 0.25) is 0 Å². The molecule has 0 radical (unpaired) electrons. The number of guanidine groups is 1. The lowest BCUT2D eigenvalue weighted by molar-refractivity contribution is -0.129. The van der Waals surface area contributed by atoms with E-state index in [1.54, 1.807) is 12.1 Å². The van der Waals surface area contributed by atoms with Crippen LogP contribution in [0.4, 0.5) is 4.39 Å². The summed E-state index contributed by atoms with van der Waals surface area (Å²) in [5.41, 5.74) is 1.18. The van der Waals surface area contributed by atoms with Crippen molar-refractivity contribution in [1.82, 2.24) is 15.5 Å². The van der Waals surface area contributed by atoms with Crippen LogP contribution >= 0.6 is 24.0 Å². The largest absolute Gasteiger partial charge is 0.357 e. The Balaban J connectivity index is 0.00000300. The molecule has 1 atom stereocenters. The highest BCUT2D eigenvalue weighted by Crippen LogP contribution is 2.41. The van der Waals surface area contributed by atoms with E-state index in [1.165, 1.54) is 18.4 Å². The fourth-order valence-electron chi connectivity index (χ4n) is 4.47. The van der Waals surface area contributed by atoms with Gasteiger partial charge in [-0.2, -0.15) is 0 Å². The second-order valence-corrected chi connectivity index (χ2v) is 8.01. The number of hydrogen-bond donors (Lipinski definition) is 2. The van der Waals surface area contributed by atoms with Gasteiger partial charge >= 0.3 is 0 Å². The van der Waals surface area contributed by atoms with Crippen molar-refractivity contribution >= 4 is 35.8 Å². The lowest BCUT2D eigenvalue weighted by Gasteiger charge is -2.28. The minimum Gasteiger partial charge on any atom is -0.357 e. The van der Waals surface area contributed by atoms with Crippen molar-refractivity contribution in [3.8, 4) is 0 Å². The van der Waals surface area contributed by atoms with Crippen molar-refractivity contribution in [3.05, 3.63) is 35.6 Å². The summed E-state index contributed by atoms with van der Waals surface area (Å²) in [6, 6.07) is 7.18. The Kier molecular flexibility index (Phi) is 9.17. The number of halogens is 2. The number of rotatable bonds is 6. The summed E-state index contributed by atoms with van der Waals surface area (Å²) in [6.45, 7) is 7.00. The van der Waals surface area contributed by atoms with Gasteiger partial charge in [-0.05, 0) is 43.9 Å². The Labute approximate surface area is 190 Å². The predicted molar refractivity (Wildman–Crippen MR) is 126 cm³/mol. The Morgan fingerprint density at radius 3 is 2.55 bits per heavy atom. The zero-order valence-corrected chi connectivity index (χ0v) is 19.9. The van der Waals surface area contributed by atoms with Crippen LogP contribution < -0.4 is 10.6 Å². The summed E-state index contributed by atoms with van der Waals surface area (Å²) >= 11 is 0. The van der Waals surface area contributed by atoms with Gasteiger partial charge in [-0.15, -0.1) is 24.0 Å². The van der Waals surface area contributed by atoms with E-state index in [9.17, 15) is 9.18 Å². The number of benzene rings is 1. The average molecular weight is 516 g/mol. The number of nitrogens with zero attached hydrogens (tertiary/aromatic N) is 2. The Hall–Kier alpha value is -1.38. The fourth-order valence-corrected chi connectivity index (χ4v) is 4.47. The van der Waals surface area contributed by atoms with E-state index < -0.39 is 0 Å². The average Bonchev–Trinajstić information content (AvgIpc) is 3.37. The first kappa shape index (κ1) is 23.9. The van der Waals surface area contributed by atoms with Gasteiger partial charge in [-0.3, -0.25) is 9.79 Å². The highest BCUT2D eigenvalue weighted by molar-refractivity contribution is 14.0. The van der Waals surface area contributed by atoms with E-state index in [4.69, 9.17) is 4.99 Å². The Morgan fingerprint density at radius 2 is 1.93 bits per heavy atom. The molecule has 1 aliphatic heterocycles. The summed E-state index contributed by atoms with van der Waals surface area (Å²) < 4.78 is 13.4. The summed E-state index contributed by atoms with van der Waals surface area (Å²) in [4.78, 5) is 18.8. The van der Waals surface area contributed by atoms with Gasteiger partial charge in [-0.25, -0.2) is 4.39 Å². The molecule has 5 nitrogen and oxygen atoms in total. The minimum atomic E-state index is -0.192. The molecule has 1 heterocycles. The number of carbonyl (C=O) groups is 1. The van der Waals surface area contributed by atoms with Crippen LogP contribution in [0.1, 0.15) is 57.9 Å². The van der Waals surface area contributed by atoms with Gasteiger partial charge in [0, 0.05) is 37.5 Å². The summed E-state index contributed by atoms with van der Waals surface area (Å²) in [6.07, 6.45) is 6.05. The van der Waals surface area contributed by atoms with Crippen molar-refractivity contribution in [2.45, 2.75) is 63.8 Å². The van der Waals surface area contributed by atoms with Gasteiger partial charge in [0.1, 0.15) is 5.82 Å². The Morgan fingerprint density at radius 1 is 1.24 bits per heavy atom. The molecular weight excluding hydrogens is 482 g/mol. The van der Waals surface area contributed by atoms with Crippen LogP contribution in [0, 0.1) is 5.82 Å². The molecule has 2 fully saturated rings. The smallest absolute Gasteiger partial charge is 0.222 e. The molecule has 1 unspecified atom stereocenters. The molecule has 1 aliphatic carbocycles. The van der Waals surface area contributed by atoms with Gasteiger partial charge in [0.25, 0.3) is 0 Å². The summed E-state index contributed by atoms with van der Waals surface area (Å²) in [7, 11) is 0. The standard InChI is InChI=1S/C22H33FN4O.HI/c1-3-20(28)27-14-11-19(15-27)26-21(24-4-2)25-16-22(12-5-6-13-22)17-7-9-18(23)10-8-17;/h7-10,19H,3-6,11-16H2,1-2H3,(H2,24,25,26);1H. The summed E-state index contributed by atoms with van der Waals surface area (Å²) in [5, 5.41) is 6.86. The molecule has 1 aromatic rings. The number of likely N-dealkylation sites (tertiary alicyclic amines) is 1. The van der Waals surface area contributed by atoms with Gasteiger partial charge in [-0.1, -0.05) is 31.9 Å². The van der Waals surface area contributed by atoms with Crippen LogP contribution in [0.25, 0.3) is 0 Å². The van der Waals surface area contributed by atoms with Gasteiger partial charge in [0.05, 0.1) is 6.54 Å². The maximum absolute atomic E-state index is 13.4. The molecule has 0 spiro atoms. The third-order valence-corrected chi connectivity index (χ3v) is 6.09. The third-order valence-electron chi connectivity index (χ3n) is 6.09. The first-order chi connectivity index (χ1) is 13.6. The molecular formula is C22H34FIN4O. The topological polar surface area (TPSA) is 56.7 Å². The lowest BCUT2D eigenvalue weighted by atomic mass is 9.79. The van der Waals surface area contributed by atoms with E-state index in [1.807, 2.05) is 24.0 Å². The molecule has 1 saturated carbocycles. The molecule has 1 amide bonds. The van der Waals surface area contributed by atoms with E-state index in [0.29, 0.717) is 13.0 Å². The summed E-state index contributed by atoms with van der Waals surface area (Å²) in [5.74, 6) is 0.835. The van der Waals surface area contributed by atoms with Crippen molar-refractivity contribution in [2.75, 3.05) is 26.2 Å². The maximum Gasteiger partial charge on any atom is 0.222 e. The molecule has 29 heavy (non-hydrogen) atoms. The normalized spacial score (nSPS) is 21.0. The number of hydrogen-bond acceptors (Lipinski definition) is 2. The van der Waals surface area contributed by atoms with Gasteiger partial charge in [0.15, 0.2) is 5.96 Å². The Bertz CT molecular complexity index is 689. The SMILES string of the molecule is CCNC(=NCC1(c2ccc(F)cc2)CCCC1)NC1CCN(C(=O)CC)C1.I. The van der Waals surface area contributed by atoms with Crippen molar-refractivity contribution in [1.29, 1.82) is 0 Å². The highest BCUT2D eigenvalue weighted by atomic mass is 127. The molecule has 0 aromatic heterocycles. The fraction of sp³-hybridized carbons (Fsp3) is 0.636. The van der Waals surface area contributed by atoms with E-state index >= 15 is 0 Å². The van der Waals surface area contributed by atoms with Crippen molar-refractivity contribution in [2.24, 2.45) is 4.99 Å². The maximum atomic E-state index is 13.4. The molecule has 1 aromatic carbocycles. The first-order valence-electron chi connectivity index (χ1n) is 10.6.